The van der Waals surface area contributed by atoms with Gasteiger partial charge in [-0.1, -0.05) is 0 Å². The first-order valence-electron chi connectivity index (χ1n) is 9.92. The number of methoxy groups -OCH3 is 2. The first-order chi connectivity index (χ1) is 15.0. The third-order valence-electron chi connectivity index (χ3n) is 4.70. The van der Waals surface area contributed by atoms with Crippen molar-refractivity contribution in [1.29, 1.82) is 0 Å². The maximum absolute atomic E-state index is 12.6. The van der Waals surface area contributed by atoms with Crippen molar-refractivity contribution < 1.29 is 28.5 Å². The number of ether oxygens (including phenoxy) is 4. The van der Waals surface area contributed by atoms with E-state index in [4.69, 9.17) is 18.9 Å². The number of fused-ring (bicyclic) bond motifs is 1. The molecular formula is C23H26N2O6. The molecule has 0 aliphatic carbocycles. The summed E-state index contributed by atoms with van der Waals surface area (Å²) < 4.78 is 21.5. The van der Waals surface area contributed by atoms with Gasteiger partial charge in [0.05, 0.1) is 14.2 Å². The van der Waals surface area contributed by atoms with Gasteiger partial charge in [0.15, 0.2) is 11.5 Å². The number of hydrogen-bond donors (Lipinski definition) is 1. The van der Waals surface area contributed by atoms with Gasteiger partial charge in [0.1, 0.15) is 31.3 Å². The SMILES string of the molecule is CCN(CC(=O)Nc1ccc2c(c1)OCCO2)C(=O)C=Cc1ccc(OC)cc1OC. The van der Waals surface area contributed by atoms with Crippen molar-refractivity contribution in [2.24, 2.45) is 0 Å². The Bertz CT molecular complexity index is 973. The number of nitrogens with one attached hydrogen (secondary N) is 1. The molecule has 1 aliphatic rings. The zero-order valence-corrected chi connectivity index (χ0v) is 17.8. The smallest absolute Gasteiger partial charge is 0.247 e. The molecular weight excluding hydrogens is 400 g/mol. The van der Waals surface area contributed by atoms with Crippen molar-refractivity contribution >= 4 is 23.6 Å². The minimum absolute atomic E-state index is 0.0755. The lowest BCUT2D eigenvalue weighted by atomic mass is 10.1. The molecule has 2 aromatic carbocycles. The highest BCUT2D eigenvalue weighted by molar-refractivity contribution is 5.98. The van der Waals surface area contributed by atoms with Gasteiger partial charge in [0.2, 0.25) is 11.8 Å². The molecule has 0 saturated heterocycles. The molecule has 0 bridgehead atoms. The number of anilines is 1. The van der Waals surface area contributed by atoms with E-state index in [0.717, 1.165) is 5.56 Å². The summed E-state index contributed by atoms with van der Waals surface area (Å²) in [5.74, 6) is 1.90. The molecule has 0 radical (unpaired) electrons. The van der Waals surface area contributed by atoms with Crippen LogP contribution in [0.3, 0.4) is 0 Å². The fourth-order valence-electron chi connectivity index (χ4n) is 3.06. The quantitative estimate of drug-likeness (QED) is 0.653. The fraction of sp³-hybridized carbons (Fsp3) is 0.304. The Labute approximate surface area is 181 Å². The van der Waals surface area contributed by atoms with Crippen LogP contribution < -0.4 is 24.3 Å². The second-order valence-electron chi connectivity index (χ2n) is 6.70. The molecule has 1 aliphatic heterocycles. The van der Waals surface area contributed by atoms with E-state index in [2.05, 4.69) is 5.32 Å². The highest BCUT2D eigenvalue weighted by atomic mass is 16.6. The lowest BCUT2D eigenvalue weighted by Crippen LogP contribution is -2.36. The minimum Gasteiger partial charge on any atom is -0.497 e. The van der Waals surface area contributed by atoms with Crippen molar-refractivity contribution in [1.82, 2.24) is 4.90 Å². The number of benzene rings is 2. The first-order valence-corrected chi connectivity index (χ1v) is 9.92. The zero-order valence-electron chi connectivity index (χ0n) is 17.8. The van der Waals surface area contributed by atoms with Gasteiger partial charge >= 0.3 is 0 Å². The highest BCUT2D eigenvalue weighted by Crippen LogP contribution is 2.32. The lowest BCUT2D eigenvalue weighted by molar-refractivity contribution is -0.130. The Hall–Kier alpha value is -3.68. The number of carbonyl (C=O) groups is 2. The molecule has 31 heavy (non-hydrogen) atoms. The summed E-state index contributed by atoms with van der Waals surface area (Å²) in [6.07, 6.45) is 3.08. The van der Waals surface area contributed by atoms with Crippen molar-refractivity contribution in [3.8, 4) is 23.0 Å². The van der Waals surface area contributed by atoms with E-state index >= 15 is 0 Å². The molecule has 2 amide bonds. The third kappa shape index (κ3) is 5.69. The summed E-state index contributed by atoms with van der Waals surface area (Å²) in [4.78, 5) is 26.5. The number of carbonyl (C=O) groups excluding carboxylic acids is 2. The molecule has 164 valence electrons. The van der Waals surface area contributed by atoms with Gasteiger partial charge in [0.25, 0.3) is 0 Å². The predicted octanol–water partition coefficient (Wildman–Crippen LogP) is 2.98. The topological polar surface area (TPSA) is 86.3 Å². The normalized spacial score (nSPS) is 12.4. The minimum atomic E-state index is -0.303. The van der Waals surface area contributed by atoms with Gasteiger partial charge < -0.3 is 29.2 Å². The molecule has 0 saturated carbocycles. The molecule has 0 fully saturated rings. The second kappa shape index (κ2) is 10.4. The summed E-state index contributed by atoms with van der Waals surface area (Å²) in [5.41, 5.74) is 1.31. The third-order valence-corrected chi connectivity index (χ3v) is 4.70. The predicted molar refractivity (Wildman–Crippen MR) is 117 cm³/mol. The van der Waals surface area contributed by atoms with Crippen LogP contribution >= 0.6 is 0 Å². The molecule has 0 atom stereocenters. The lowest BCUT2D eigenvalue weighted by Gasteiger charge is -2.20. The average molecular weight is 426 g/mol. The Kier molecular flexibility index (Phi) is 7.37. The van der Waals surface area contributed by atoms with Crippen LogP contribution in [0.5, 0.6) is 23.0 Å². The zero-order chi connectivity index (χ0) is 22.2. The van der Waals surface area contributed by atoms with E-state index in [1.54, 1.807) is 56.7 Å². The Morgan fingerprint density at radius 1 is 1.06 bits per heavy atom. The van der Waals surface area contributed by atoms with Crippen LogP contribution in [0.4, 0.5) is 5.69 Å². The maximum Gasteiger partial charge on any atom is 0.247 e. The summed E-state index contributed by atoms with van der Waals surface area (Å²) >= 11 is 0. The van der Waals surface area contributed by atoms with Crippen molar-refractivity contribution in [2.45, 2.75) is 6.92 Å². The number of amides is 2. The summed E-state index contributed by atoms with van der Waals surface area (Å²) in [5, 5.41) is 2.79. The highest BCUT2D eigenvalue weighted by Gasteiger charge is 2.16. The fourth-order valence-corrected chi connectivity index (χ4v) is 3.06. The van der Waals surface area contributed by atoms with E-state index in [-0.39, 0.29) is 18.4 Å². The standard InChI is InChI=1S/C23H26N2O6/c1-4-25(23(27)10-6-16-5-8-18(28-2)14-20(16)29-3)15-22(26)24-17-7-9-19-21(13-17)31-12-11-30-19/h5-10,13-14H,4,11-12,15H2,1-3H3,(H,24,26). The van der Waals surface area contributed by atoms with Gasteiger partial charge in [-0.15, -0.1) is 0 Å². The molecule has 2 aromatic rings. The van der Waals surface area contributed by atoms with E-state index in [1.807, 2.05) is 6.92 Å². The van der Waals surface area contributed by atoms with Gasteiger partial charge in [-0.25, -0.2) is 0 Å². The number of rotatable bonds is 8. The van der Waals surface area contributed by atoms with Gasteiger partial charge in [-0.2, -0.15) is 0 Å². The molecule has 1 N–H and O–H groups in total. The number of likely N-dealkylation sites (N-methyl/N-ethyl adjacent to an activating group) is 1. The van der Waals surface area contributed by atoms with E-state index in [0.29, 0.717) is 48.4 Å². The van der Waals surface area contributed by atoms with Gasteiger partial charge in [-0.3, -0.25) is 9.59 Å². The van der Waals surface area contributed by atoms with Crippen molar-refractivity contribution in [2.75, 3.05) is 45.8 Å². The summed E-state index contributed by atoms with van der Waals surface area (Å²) in [6.45, 7) is 3.10. The second-order valence-corrected chi connectivity index (χ2v) is 6.70. The van der Waals surface area contributed by atoms with Crippen LogP contribution in [0.2, 0.25) is 0 Å². The van der Waals surface area contributed by atoms with Crippen LogP contribution in [-0.4, -0.2) is 57.2 Å². The summed E-state index contributed by atoms with van der Waals surface area (Å²) in [7, 11) is 3.12. The average Bonchev–Trinajstić information content (AvgIpc) is 2.80. The Morgan fingerprint density at radius 3 is 2.55 bits per heavy atom. The van der Waals surface area contributed by atoms with Crippen LogP contribution in [0.1, 0.15) is 12.5 Å². The largest absolute Gasteiger partial charge is 0.497 e. The van der Waals surface area contributed by atoms with Crippen molar-refractivity contribution in [3.63, 3.8) is 0 Å². The molecule has 0 unspecified atom stereocenters. The number of nitrogens with zero attached hydrogens (tertiary/aromatic N) is 1. The first kappa shape index (κ1) is 22.0. The van der Waals surface area contributed by atoms with Crippen molar-refractivity contribution in [3.05, 3.63) is 48.0 Å². The Morgan fingerprint density at radius 2 is 1.84 bits per heavy atom. The molecule has 3 rings (SSSR count). The monoisotopic (exact) mass is 426 g/mol. The molecule has 1 heterocycles. The van der Waals surface area contributed by atoms with E-state index in [9.17, 15) is 9.59 Å². The Balaban J connectivity index is 1.62. The maximum atomic E-state index is 12.6. The van der Waals surface area contributed by atoms with E-state index in [1.165, 1.54) is 11.0 Å². The number of hydrogen-bond acceptors (Lipinski definition) is 6. The van der Waals surface area contributed by atoms with Crippen LogP contribution in [0.15, 0.2) is 42.5 Å². The molecule has 8 nitrogen and oxygen atoms in total. The van der Waals surface area contributed by atoms with Gasteiger partial charge in [0, 0.05) is 36.0 Å². The van der Waals surface area contributed by atoms with Crippen LogP contribution in [-0.2, 0) is 9.59 Å². The van der Waals surface area contributed by atoms with E-state index < -0.39 is 0 Å². The molecule has 0 spiro atoms. The molecule has 0 aromatic heterocycles. The van der Waals surface area contributed by atoms with Gasteiger partial charge in [-0.05, 0) is 37.3 Å². The van der Waals surface area contributed by atoms with Crippen LogP contribution in [0, 0.1) is 0 Å². The van der Waals surface area contributed by atoms with Crippen LogP contribution in [0.25, 0.3) is 6.08 Å². The molecule has 8 heteroatoms. The summed E-state index contributed by atoms with van der Waals surface area (Å²) in [6, 6.07) is 10.5.